The summed E-state index contributed by atoms with van der Waals surface area (Å²) in [5.74, 6) is 2.10. The molecule has 1 aromatic rings. The summed E-state index contributed by atoms with van der Waals surface area (Å²) in [6.45, 7) is 1.48. The van der Waals surface area contributed by atoms with E-state index in [2.05, 4.69) is 15.5 Å². The highest BCUT2D eigenvalue weighted by atomic mass is 32.2. The van der Waals surface area contributed by atoms with Crippen molar-refractivity contribution in [1.82, 2.24) is 19.8 Å². The van der Waals surface area contributed by atoms with Crippen LogP contribution in [0.3, 0.4) is 0 Å². The molecular formula is C19H32N4O4S. The van der Waals surface area contributed by atoms with E-state index in [1.807, 2.05) is 0 Å². The van der Waals surface area contributed by atoms with Gasteiger partial charge in [0, 0.05) is 38.4 Å². The third kappa shape index (κ3) is 6.27. The van der Waals surface area contributed by atoms with Crippen molar-refractivity contribution in [2.24, 2.45) is 5.92 Å². The third-order valence-electron chi connectivity index (χ3n) is 5.94. The molecule has 2 fully saturated rings. The van der Waals surface area contributed by atoms with E-state index < -0.39 is 10.0 Å². The van der Waals surface area contributed by atoms with Crippen molar-refractivity contribution in [3.8, 4) is 0 Å². The largest absolute Gasteiger partial charge is 0.356 e. The molecule has 2 aliphatic rings. The summed E-state index contributed by atoms with van der Waals surface area (Å²) in [4.78, 5) is 16.4. The molecule has 1 aliphatic carbocycles. The lowest BCUT2D eigenvalue weighted by Crippen LogP contribution is -2.37. The average molecular weight is 413 g/mol. The number of carbonyl (C=O) groups excluding carboxylic acids is 1. The molecule has 9 heteroatoms. The number of hydrogen-bond donors (Lipinski definition) is 1. The lowest BCUT2D eigenvalue weighted by atomic mass is 9.86. The fourth-order valence-electron chi connectivity index (χ4n) is 4.19. The SMILES string of the molecule is CS(=O)(=O)N1CCC(c2noc(CCNC(=O)CCC3CCCCC3)n2)CC1. The van der Waals surface area contributed by atoms with Gasteiger partial charge in [-0.1, -0.05) is 37.3 Å². The molecule has 3 rings (SSSR count). The monoisotopic (exact) mass is 412 g/mol. The highest BCUT2D eigenvalue weighted by molar-refractivity contribution is 7.88. The molecule has 0 atom stereocenters. The highest BCUT2D eigenvalue weighted by Crippen LogP contribution is 2.28. The Hall–Kier alpha value is -1.48. The van der Waals surface area contributed by atoms with Gasteiger partial charge < -0.3 is 9.84 Å². The Morgan fingerprint density at radius 1 is 1.18 bits per heavy atom. The standard InChI is InChI=1S/C19H32N4O4S/c1-28(25,26)23-13-10-16(11-14-23)19-21-18(27-22-19)9-12-20-17(24)8-7-15-5-3-2-4-6-15/h15-16H,2-14H2,1H3,(H,20,24). The number of sulfonamides is 1. The van der Waals surface area contributed by atoms with Crippen molar-refractivity contribution in [1.29, 1.82) is 0 Å². The zero-order chi connectivity index (χ0) is 20.0. The van der Waals surface area contributed by atoms with Gasteiger partial charge in [0.1, 0.15) is 0 Å². The topological polar surface area (TPSA) is 105 Å². The lowest BCUT2D eigenvalue weighted by molar-refractivity contribution is -0.121. The Bertz CT molecular complexity index is 735. The third-order valence-corrected chi connectivity index (χ3v) is 7.24. The van der Waals surface area contributed by atoms with Gasteiger partial charge in [-0.25, -0.2) is 12.7 Å². The van der Waals surface area contributed by atoms with Crippen LogP contribution in [0.2, 0.25) is 0 Å². The zero-order valence-corrected chi connectivity index (χ0v) is 17.5. The van der Waals surface area contributed by atoms with Crippen molar-refractivity contribution in [2.75, 3.05) is 25.9 Å². The van der Waals surface area contributed by atoms with E-state index in [1.165, 1.54) is 42.7 Å². The van der Waals surface area contributed by atoms with Gasteiger partial charge in [-0.3, -0.25) is 4.79 Å². The highest BCUT2D eigenvalue weighted by Gasteiger charge is 2.28. The van der Waals surface area contributed by atoms with Crippen LogP contribution in [0.1, 0.15) is 75.4 Å². The van der Waals surface area contributed by atoms with E-state index in [9.17, 15) is 13.2 Å². The van der Waals surface area contributed by atoms with E-state index in [0.29, 0.717) is 63.0 Å². The Morgan fingerprint density at radius 2 is 1.89 bits per heavy atom. The molecule has 0 radical (unpaired) electrons. The minimum atomic E-state index is -3.13. The van der Waals surface area contributed by atoms with Gasteiger partial charge in [-0.05, 0) is 25.2 Å². The Balaban J connectivity index is 1.35. The van der Waals surface area contributed by atoms with E-state index in [-0.39, 0.29) is 11.8 Å². The Morgan fingerprint density at radius 3 is 2.57 bits per heavy atom. The van der Waals surface area contributed by atoms with Crippen LogP contribution in [0, 0.1) is 5.92 Å². The van der Waals surface area contributed by atoms with Gasteiger partial charge in [0.25, 0.3) is 0 Å². The number of nitrogens with zero attached hydrogens (tertiary/aromatic N) is 3. The predicted octanol–water partition coefficient (Wildman–Crippen LogP) is 2.23. The zero-order valence-electron chi connectivity index (χ0n) is 16.7. The molecule has 1 aliphatic heterocycles. The van der Waals surface area contributed by atoms with E-state index in [4.69, 9.17) is 4.52 Å². The molecule has 0 bridgehead atoms. The summed E-state index contributed by atoms with van der Waals surface area (Å²) in [5.41, 5.74) is 0. The molecule has 0 spiro atoms. The summed E-state index contributed by atoms with van der Waals surface area (Å²) in [6, 6.07) is 0. The smallest absolute Gasteiger partial charge is 0.228 e. The van der Waals surface area contributed by atoms with E-state index >= 15 is 0 Å². The van der Waals surface area contributed by atoms with Crippen LogP contribution < -0.4 is 5.32 Å². The van der Waals surface area contributed by atoms with Crippen molar-refractivity contribution < 1.29 is 17.7 Å². The number of piperidine rings is 1. The quantitative estimate of drug-likeness (QED) is 0.702. The number of rotatable bonds is 8. The van der Waals surface area contributed by atoms with Gasteiger partial charge in [-0.2, -0.15) is 4.98 Å². The van der Waals surface area contributed by atoms with Gasteiger partial charge in [0.2, 0.25) is 21.8 Å². The molecule has 1 aromatic heterocycles. The first-order valence-corrected chi connectivity index (χ1v) is 12.3. The summed E-state index contributed by atoms with van der Waals surface area (Å²) in [7, 11) is -3.13. The summed E-state index contributed by atoms with van der Waals surface area (Å²) < 4.78 is 30.0. The molecule has 158 valence electrons. The van der Waals surface area contributed by atoms with Gasteiger partial charge in [0.05, 0.1) is 6.26 Å². The molecular weight excluding hydrogens is 380 g/mol. The van der Waals surface area contributed by atoms with Crippen molar-refractivity contribution in [2.45, 2.75) is 70.1 Å². The normalized spacial score (nSPS) is 20.3. The molecule has 28 heavy (non-hydrogen) atoms. The molecule has 2 heterocycles. The molecule has 8 nitrogen and oxygen atoms in total. The van der Waals surface area contributed by atoms with Gasteiger partial charge in [-0.15, -0.1) is 0 Å². The maximum Gasteiger partial charge on any atom is 0.228 e. The number of amides is 1. The summed E-state index contributed by atoms with van der Waals surface area (Å²) >= 11 is 0. The van der Waals surface area contributed by atoms with Crippen LogP contribution >= 0.6 is 0 Å². The second-order valence-corrected chi connectivity index (χ2v) is 10.1. The van der Waals surface area contributed by atoms with Crippen LogP contribution in [-0.4, -0.2) is 54.7 Å². The maximum absolute atomic E-state index is 12.0. The first kappa shape index (κ1) is 21.2. The number of hydrogen-bond acceptors (Lipinski definition) is 6. The second kappa shape index (κ2) is 9.82. The van der Waals surface area contributed by atoms with Crippen LogP contribution in [-0.2, 0) is 21.2 Å². The van der Waals surface area contributed by atoms with Gasteiger partial charge in [0.15, 0.2) is 5.82 Å². The summed E-state index contributed by atoms with van der Waals surface area (Å²) in [6.07, 6.45) is 11.2. The van der Waals surface area contributed by atoms with Crippen LogP contribution in [0.15, 0.2) is 4.52 Å². The fraction of sp³-hybridized carbons (Fsp3) is 0.842. The Kier molecular flexibility index (Phi) is 7.45. The average Bonchev–Trinajstić information content (AvgIpc) is 3.15. The minimum absolute atomic E-state index is 0.0958. The molecule has 1 saturated heterocycles. The molecule has 1 N–H and O–H groups in total. The number of aromatic nitrogens is 2. The van der Waals surface area contributed by atoms with Crippen LogP contribution in [0.5, 0.6) is 0 Å². The van der Waals surface area contributed by atoms with Crippen molar-refractivity contribution >= 4 is 15.9 Å². The van der Waals surface area contributed by atoms with E-state index in [0.717, 1.165) is 6.42 Å². The van der Waals surface area contributed by atoms with Crippen LogP contribution in [0.4, 0.5) is 0 Å². The molecule has 0 aromatic carbocycles. The van der Waals surface area contributed by atoms with Crippen molar-refractivity contribution in [3.63, 3.8) is 0 Å². The fourth-order valence-corrected chi connectivity index (χ4v) is 5.06. The second-order valence-electron chi connectivity index (χ2n) is 8.13. The minimum Gasteiger partial charge on any atom is -0.356 e. The molecule has 1 amide bonds. The lowest BCUT2D eigenvalue weighted by Gasteiger charge is -2.28. The molecule has 0 unspecified atom stereocenters. The predicted molar refractivity (Wildman–Crippen MR) is 105 cm³/mol. The van der Waals surface area contributed by atoms with Crippen molar-refractivity contribution in [3.05, 3.63) is 11.7 Å². The first-order valence-electron chi connectivity index (χ1n) is 10.5. The molecule has 1 saturated carbocycles. The van der Waals surface area contributed by atoms with E-state index in [1.54, 1.807) is 0 Å². The van der Waals surface area contributed by atoms with Crippen LogP contribution in [0.25, 0.3) is 0 Å². The van der Waals surface area contributed by atoms with Gasteiger partial charge >= 0.3 is 0 Å². The Labute approximate surface area is 167 Å². The summed E-state index contributed by atoms with van der Waals surface area (Å²) in [5, 5.41) is 7.00. The maximum atomic E-state index is 12.0. The number of nitrogens with one attached hydrogen (secondary N) is 1. The first-order chi connectivity index (χ1) is 13.4. The number of carbonyl (C=O) groups is 1.